The van der Waals surface area contributed by atoms with E-state index in [1.807, 2.05) is 91.9 Å². The van der Waals surface area contributed by atoms with Gasteiger partial charge in [-0.05, 0) is 59.5 Å². The van der Waals surface area contributed by atoms with Gasteiger partial charge in [0, 0.05) is 11.8 Å². The first kappa shape index (κ1) is 25.6. The first-order chi connectivity index (χ1) is 18.0. The standard InChI is InChI=1S/C32H29FN2O2/c1-24(28-12-6-3-7-13-28)34-31(36)22-26-15-18-30(19-16-26)35(23-27-11-8-14-29(33)21-27)32(37)20-17-25-9-4-2-5-10-25/h2-21,24H,22-23H2,1H3,(H,34,36)/b20-17+/t24-/m0/s1. The maximum absolute atomic E-state index is 13.8. The van der Waals surface area contributed by atoms with Crippen LogP contribution < -0.4 is 10.2 Å². The Hall–Kier alpha value is -4.51. The lowest BCUT2D eigenvalue weighted by molar-refractivity contribution is -0.121. The normalized spacial score (nSPS) is 11.7. The number of benzene rings is 4. The maximum atomic E-state index is 13.8. The largest absolute Gasteiger partial charge is 0.349 e. The van der Waals surface area contributed by atoms with Crippen molar-refractivity contribution < 1.29 is 14.0 Å². The van der Waals surface area contributed by atoms with Crippen LogP contribution in [0.1, 0.15) is 35.2 Å². The molecule has 0 aromatic heterocycles. The summed E-state index contributed by atoms with van der Waals surface area (Å²) in [6.45, 7) is 2.17. The molecule has 2 amide bonds. The first-order valence-electron chi connectivity index (χ1n) is 12.2. The number of carbonyl (C=O) groups is 2. The number of carbonyl (C=O) groups excluding carboxylic acids is 2. The van der Waals surface area contributed by atoms with Gasteiger partial charge in [-0.3, -0.25) is 9.59 Å². The van der Waals surface area contributed by atoms with Crippen LogP contribution >= 0.6 is 0 Å². The molecule has 0 fully saturated rings. The van der Waals surface area contributed by atoms with Gasteiger partial charge in [-0.2, -0.15) is 0 Å². The van der Waals surface area contributed by atoms with Crippen molar-refractivity contribution in [3.63, 3.8) is 0 Å². The summed E-state index contributed by atoms with van der Waals surface area (Å²) in [6, 6.07) is 32.8. The van der Waals surface area contributed by atoms with Crippen LogP contribution in [0.15, 0.2) is 115 Å². The molecule has 0 saturated heterocycles. The smallest absolute Gasteiger partial charge is 0.251 e. The van der Waals surface area contributed by atoms with Gasteiger partial charge in [0.25, 0.3) is 5.91 Å². The molecule has 0 aliphatic rings. The molecule has 5 heteroatoms. The van der Waals surface area contributed by atoms with Crippen LogP contribution in [0.25, 0.3) is 6.08 Å². The van der Waals surface area contributed by atoms with E-state index < -0.39 is 0 Å². The topological polar surface area (TPSA) is 49.4 Å². The predicted molar refractivity (Wildman–Crippen MR) is 146 cm³/mol. The third-order valence-corrected chi connectivity index (χ3v) is 6.00. The summed E-state index contributed by atoms with van der Waals surface area (Å²) < 4.78 is 13.8. The van der Waals surface area contributed by atoms with Gasteiger partial charge < -0.3 is 10.2 Å². The Balaban J connectivity index is 1.48. The molecule has 0 aliphatic heterocycles. The average molecular weight is 493 g/mol. The van der Waals surface area contributed by atoms with E-state index in [1.165, 1.54) is 18.2 Å². The number of nitrogens with zero attached hydrogens (tertiary/aromatic N) is 1. The molecule has 4 aromatic carbocycles. The Kier molecular flexibility index (Phi) is 8.61. The summed E-state index contributed by atoms with van der Waals surface area (Å²) in [5.74, 6) is -0.659. The van der Waals surface area contributed by atoms with Crippen LogP contribution in [0.2, 0.25) is 0 Å². The van der Waals surface area contributed by atoms with Crippen molar-refractivity contribution in [1.82, 2.24) is 5.32 Å². The Morgan fingerprint density at radius 3 is 2.19 bits per heavy atom. The highest BCUT2D eigenvalue weighted by Crippen LogP contribution is 2.21. The zero-order valence-electron chi connectivity index (χ0n) is 20.7. The van der Waals surface area contributed by atoms with E-state index in [0.29, 0.717) is 11.3 Å². The second kappa shape index (κ2) is 12.5. The van der Waals surface area contributed by atoms with E-state index in [0.717, 1.165) is 16.7 Å². The van der Waals surface area contributed by atoms with E-state index in [4.69, 9.17) is 0 Å². The molecule has 0 aliphatic carbocycles. The molecule has 0 radical (unpaired) electrons. The van der Waals surface area contributed by atoms with Gasteiger partial charge in [0.05, 0.1) is 19.0 Å². The first-order valence-corrected chi connectivity index (χ1v) is 12.2. The van der Waals surface area contributed by atoms with Crippen molar-refractivity contribution in [2.24, 2.45) is 0 Å². The number of hydrogen-bond acceptors (Lipinski definition) is 2. The highest BCUT2D eigenvalue weighted by molar-refractivity contribution is 6.03. The summed E-state index contributed by atoms with van der Waals surface area (Å²) in [7, 11) is 0. The van der Waals surface area contributed by atoms with Gasteiger partial charge in [0.15, 0.2) is 0 Å². The zero-order valence-corrected chi connectivity index (χ0v) is 20.7. The molecule has 0 bridgehead atoms. The number of nitrogens with one attached hydrogen (secondary N) is 1. The second-order valence-electron chi connectivity index (χ2n) is 8.84. The molecule has 1 atom stereocenters. The van der Waals surface area contributed by atoms with Gasteiger partial charge in [-0.1, -0.05) is 84.9 Å². The third kappa shape index (κ3) is 7.48. The van der Waals surface area contributed by atoms with E-state index >= 15 is 0 Å². The number of amides is 2. The fourth-order valence-electron chi connectivity index (χ4n) is 4.03. The number of anilines is 1. The summed E-state index contributed by atoms with van der Waals surface area (Å²) in [5.41, 5.74) is 4.13. The van der Waals surface area contributed by atoms with E-state index in [-0.39, 0.29) is 36.6 Å². The van der Waals surface area contributed by atoms with E-state index in [9.17, 15) is 14.0 Å². The number of hydrogen-bond donors (Lipinski definition) is 1. The van der Waals surface area contributed by atoms with Crippen LogP contribution in [-0.2, 0) is 22.6 Å². The molecule has 0 saturated carbocycles. The van der Waals surface area contributed by atoms with Crippen molar-refractivity contribution in [2.75, 3.05) is 4.90 Å². The van der Waals surface area contributed by atoms with Crippen molar-refractivity contribution in [3.05, 3.63) is 143 Å². The Labute approximate surface area is 217 Å². The van der Waals surface area contributed by atoms with Crippen LogP contribution in [0.5, 0.6) is 0 Å². The zero-order chi connectivity index (χ0) is 26.0. The van der Waals surface area contributed by atoms with Crippen LogP contribution in [-0.4, -0.2) is 11.8 Å². The summed E-state index contributed by atoms with van der Waals surface area (Å²) >= 11 is 0. The van der Waals surface area contributed by atoms with Crippen molar-refractivity contribution in [1.29, 1.82) is 0 Å². The molecule has 186 valence electrons. The fraction of sp³-hybridized carbons (Fsp3) is 0.125. The Bertz CT molecular complexity index is 1350. The lowest BCUT2D eigenvalue weighted by Crippen LogP contribution is -2.29. The summed E-state index contributed by atoms with van der Waals surface area (Å²) in [4.78, 5) is 27.4. The van der Waals surface area contributed by atoms with Gasteiger partial charge in [-0.15, -0.1) is 0 Å². The molecule has 4 rings (SSSR count). The number of halogens is 1. The molecule has 0 unspecified atom stereocenters. The van der Waals surface area contributed by atoms with E-state index in [2.05, 4.69) is 5.32 Å². The molecular formula is C32H29FN2O2. The molecule has 1 N–H and O–H groups in total. The minimum atomic E-state index is -0.351. The second-order valence-corrected chi connectivity index (χ2v) is 8.84. The van der Waals surface area contributed by atoms with Crippen LogP contribution in [0.3, 0.4) is 0 Å². The molecule has 4 aromatic rings. The third-order valence-electron chi connectivity index (χ3n) is 6.00. The van der Waals surface area contributed by atoms with Gasteiger partial charge >= 0.3 is 0 Å². The number of rotatable bonds is 9. The fourth-order valence-corrected chi connectivity index (χ4v) is 4.03. The average Bonchev–Trinajstić information content (AvgIpc) is 2.92. The van der Waals surface area contributed by atoms with E-state index in [1.54, 1.807) is 23.1 Å². The van der Waals surface area contributed by atoms with Gasteiger partial charge in [0.1, 0.15) is 5.82 Å². The molecule has 0 spiro atoms. The molecule has 0 heterocycles. The summed E-state index contributed by atoms with van der Waals surface area (Å²) in [6.07, 6.45) is 3.50. The van der Waals surface area contributed by atoms with Crippen LogP contribution in [0.4, 0.5) is 10.1 Å². The SMILES string of the molecule is C[C@H](NC(=O)Cc1ccc(N(Cc2cccc(F)c2)C(=O)/C=C/c2ccccc2)cc1)c1ccccc1. The van der Waals surface area contributed by atoms with Crippen molar-refractivity contribution in [2.45, 2.75) is 25.9 Å². The monoisotopic (exact) mass is 492 g/mol. The van der Waals surface area contributed by atoms with Crippen molar-refractivity contribution in [3.8, 4) is 0 Å². The minimum absolute atomic E-state index is 0.0809. The summed E-state index contributed by atoms with van der Waals surface area (Å²) in [5, 5.41) is 3.02. The van der Waals surface area contributed by atoms with Crippen molar-refractivity contribution >= 4 is 23.6 Å². The highest BCUT2D eigenvalue weighted by atomic mass is 19.1. The maximum Gasteiger partial charge on any atom is 0.251 e. The Morgan fingerprint density at radius 1 is 0.838 bits per heavy atom. The molecule has 4 nitrogen and oxygen atoms in total. The predicted octanol–water partition coefficient (Wildman–Crippen LogP) is 6.49. The highest BCUT2D eigenvalue weighted by Gasteiger charge is 2.16. The Morgan fingerprint density at radius 2 is 1.51 bits per heavy atom. The van der Waals surface area contributed by atoms with Gasteiger partial charge in [0.2, 0.25) is 5.91 Å². The lowest BCUT2D eigenvalue weighted by atomic mass is 10.1. The van der Waals surface area contributed by atoms with Gasteiger partial charge in [-0.25, -0.2) is 4.39 Å². The quantitative estimate of drug-likeness (QED) is 0.272. The van der Waals surface area contributed by atoms with Crippen LogP contribution in [0, 0.1) is 5.82 Å². The molecule has 37 heavy (non-hydrogen) atoms. The minimum Gasteiger partial charge on any atom is -0.349 e. The lowest BCUT2D eigenvalue weighted by Gasteiger charge is -2.22. The molecular weight excluding hydrogens is 463 g/mol.